The average molecular weight is 329 g/mol. The maximum absolute atomic E-state index is 12.0. The molecule has 0 aromatic heterocycles. The lowest BCUT2D eigenvalue weighted by Crippen LogP contribution is -2.42. The standard InChI is InChI=1S/C16H27NO4S/c1-4-6-7-8-9-12-20-15(18)14(10-13-22-3)17-16(19)21-11-5-2/h2,14H,4,6-13H2,1,3H3,(H,17,19). The van der Waals surface area contributed by atoms with Crippen LogP contribution in [0.25, 0.3) is 0 Å². The second-order valence-corrected chi connectivity index (χ2v) is 5.83. The molecule has 1 atom stereocenters. The fourth-order valence-corrected chi connectivity index (χ4v) is 2.23. The molecular formula is C16H27NO4S. The zero-order chi connectivity index (χ0) is 16.6. The molecule has 1 N–H and O–H groups in total. The normalized spacial score (nSPS) is 11.3. The summed E-state index contributed by atoms with van der Waals surface area (Å²) < 4.78 is 9.95. The fraction of sp³-hybridized carbons (Fsp3) is 0.750. The van der Waals surface area contributed by atoms with Crippen LogP contribution >= 0.6 is 11.8 Å². The molecular weight excluding hydrogens is 302 g/mol. The number of carbonyl (C=O) groups is 2. The van der Waals surface area contributed by atoms with Gasteiger partial charge in [-0.15, -0.1) is 6.42 Å². The number of esters is 1. The molecule has 0 saturated carbocycles. The Morgan fingerprint density at radius 2 is 1.95 bits per heavy atom. The molecule has 0 bridgehead atoms. The number of ether oxygens (including phenoxy) is 2. The van der Waals surface area contributed by atoms with Crippen molar-refractivity contribution < 1.29 is 19.1 Å². The highest BCUT2D eigenvalue weighted by molar-refractivity contribution is 7.98. The molecule has 0 rings (SSSR count). The van der Waals surface area contributed by atoms with E-state index in [1.54, 1.807) is 11.8 Å². The Morgan fingerprint density at radius 1 is 1.23 bits per heavy atom. The maximum atomic E-state index is 12.0. The molecule has 0 saturated heterocycles. The molecule has 1 amide bonds. The van der Waals surface area contributed by atoms with E-state index >= 15 is 0 Å². The second-order valence-electron chi connectivity index (χ2n) is 4.84. The minimum absolute atomic E-state index is 0.118. The summed E-state index contributed by atoms with van der Waals surface area (Å²) in [5, 5.41) is 2.50. The molecule has 22 heavy (non-hydrogen) atoms. The number of hydrogen-bond acceptors (Lipinski definition) is 5. The molecule has 0 aromatic rings. The topological polar surface area (TPSA) is 64.6 Å². The zero-order valence-electron chi connectivity index (χ0n) is 13.6. The van der Waals surface area contributed by atoms with Crippen LogP contribution in [0.2, 0.25) is 0 Å². The summed E-state index contributed by atoms with van der Waals surface area (Å²) in [6, 6.07) is -0.687. The smallest absolute Gasteiger partial charge is 0.408 e. The van der Waals surface area contributed by atoms with Crippen LogP contribution in [0, 0.1) is 12.3 Å². The van der Waals surface area contributed by atoms with Gasteiger partial charge >= 0.3 is 12.1 Å². The van der Waals surface area contributed by atoms with Crippen LogP contribution in [0.15, 0.2) is 0 Å². The average Bonchev–Trinajstić information content (AvgIpc) is 2.52. The lowest BCUT2D eigenvalue weighted by molar-refractivity contribution is -0.146. The molecule has 0 aromatic carbocycles. The molecule has 0 heterocycles. The largest absolute Gasteiger partial charge is 0.464 e. The SMILES string of the molecule is C#CCOC(=O)NC(CCSC)C(=O)OCCCCCCC. The fourth-order valence-electron chi connectivity index (χ4n) is 1.75. The number of terminal acetylenes is 1. The summed E-state index contributed by atoms with van der Waals surface area (Å²) in [5.74, 6) is 2.53. The van der Waals surface area contributed by atoms with Gasteiger partial charge in [-0.25, -0.2) is 9.59 Å². The van der Waals surface area contributed by atoms with Crippen LogP contribution in [-0.4, -0.2) is 43.3 Å². The van der Waals surface area contributed by atoms with Gasteiger partial charge in [0.2, 0.25) is 0 Å². The summed E-state index contributed by atoms with van der Waals surface area (Å²) in [6.07, 6.45) is 12.2. The number of thioether (sulfide) groups is 1. The Labute approximate surface area is 137 Å². The summed E-state index contributed by atoms with van der Waals surface area (Å²) in [7, 11) is 0. The molecule has 0 aliphatic rings. The number of rotatable bonds is 12. The van der Waals surface area contributed by atoms with E-state index in [0.29, 0.717) is 13.0 Å². The van der Waals surface area contributed by atoms with Gasteiger partial charge < -0.3 is 14.8 Å². The number of alkyl carbamates (subject to hydrolysis) is 1. The minimum Gasteiger partial charge on any atom is -0.464 e. The highest BCUT2D eigenvalue weighted by Gasteiger charge is 2.22. The first-order chi connectivity index (χ1) is 10.7. The molecule has 1 unspecified atom stereocenters. The molecule has 6 heteroatoms. The zero-order valence-corrected chi connectivity index (χ0v) is 14.4. The van der Waals surface area contributed by atoms with Crippen molar-refractivity contribution in [1.29, 1.82) is 0 Å². The summed E-state index contributed by atoms with van der Waals surface area (Å²) >= 11 is 1.60. The lowest BCUT2D eigenvalue weighted by atomic mass is 10.2. The predicted octanol–water partition coefficient (Wildman–Crippen LogP) is 2.98. The van der Waals surface area contributed by atoms with Crippen molar-refractivity contribution in [3.63, 3.8) is 0 Å². The predicted molar refractivity (Wildman–Crippen MR) is 89.8 cm³/mol. The quantitative estimate of drug-likeness (QED) is 0.339. The van der Waals surface area contributed by atoms with E-state index in [2.05, 4.69) is 18.2 Å². The lowest BCUT2D eigenvalue weighted by Gasteiger charge is -2.16. The van der Waals surface area contributed by atoms with Gasteiger partial charge in [-0.1, -0.05) is 38.5 Å². The molecule has 0 aliphatic carbocycles. The van der Waals surface area contributed by atoms with Gasteiger partial charge in [-0.05, 0) is 24.9 Å². The highest BCUT2D eigenvalue weighted by atomic mass is 32.2. The van der Waals surface area contributed by atoms with Gasteiger partial charge in [0.25, 0.3) is 0 Å². The van der Waals surface area contributed by atoms with Gasteiger partial charge in [0.15, 0.2) is 6.61 Å². The molecule has 126 valence electrons. The van der Waals surface area contributed by atoms with E-state index in [4.69, 9.17) is 15.9 Å². The van der Waals surface area contributed by atoms with Gasteiger partial charge in [-0.3, -0.25) is 0 Å². The Bertz CT molecular complexity index is 355. The monoisotopic (exact) mass is 329 g/mol. The Balaban J connectivity index is 4.10. The summed E-state index contributed by atoms with van der Waals surface area (Å²) in [6.45, 7) is 2.42. The van der Waals surface area contributed by atoms with Crippen molar-refractivity contribution in [1.82, 2.24) is 5.32 Å². The van der Waals surface area contributed by atoms with Crippen LogP contribution < -0.4 is 5.32 Å². The van der Waals surface area contributed by atoms with Crippen molar-refractivity contribution in [2.45, 2.75) is 51.5 Å². The Kier molecular flexibility index (Phi) is 13.7. The first-order valence-electron chi connectivity index (χ1n) is 7.68. The summed E-state index contributed by atoms with van der Waals surface area (Å²) in [5.41, 5.74) is 0. The van der Waals surface area contributed by atoms with Crippen LogP contribution in [0.1, 0.15) is 45.4 Å². The van der Waals surface area contributed by atoms with Crippen molar-refractivity contribution in [3.05, 3.63) is 0 Å². The molecule has 0 fully saturated rings. The van der Waals surface area contributed by atoms with Crippen molar-refractivity contribution in [2.24, 2.45) is 0 Å². The third kappa shape index (κ3) is 11.3. The van der Waals surface area contributed by atoms with Crippen molar-refractivity contribution >= 4 is 23.8 Å². The van der Waals surface area contributed by atoms with Gasteiger partial charge in [0, 0.05) is 0 Å². The van der Waals surface area contributed by atoms with E-state index in [1.165, 1.54) is 12.8 Å². The van der Waals surface area contributed by atoms with Gasteiger partial charge in [0.1, 0.15) is 6.04 Å². The third-order valence-electron chi connectivity index (χ3n) is 2.97. The maximum Gasteiger partial charge on any atom is 0.408 e. The van der Waals surface area contributed by atoms with E-state index in [1.807, 2.05) is 6.26 Å². The first-order valence-corrected chi connectivity index (χ1v) is 9.07. The Hall–Kier alpha value is -1.35. The summed E-state index contributed by atoms with van der Waals surface area (Å²) in [4.78, 5) is 23.5. The third-order valence-corrected chi connectivity index (χ3v) is 3.61. The van der Waals surface area contributed by atoms with Crippen molar-refractivity contribution in [2.75, 3.05) is 25.2 Å². The van der Waals surface area contributed by atoms with E-state index in [-0.39, 0.29) is 6.61 Å². The van der Waals surface area contributed by atoms with Crippen LogP contribution in [0.5, 0.6) is 0 Å². The molecule has 0 radical (unpaired) electrons. The van der Waals surface area contributed by atoms with Crippen molar-refractivity contribution in [3.8, 4) is 12.3 Å². The van der Waals surface area contributed by atoms with Crippen LogP contribution in [-0.2, 0) is 14.3 Å². The van der Waals surface area contributed by atoms with E-state index < -0.39 is 18.1 Å². The highest BCUT2D eigenvalue weighted by Crippen LogP contribution is 2.06. The van der Waals surface area contributed by atoms with Crippen LogP contribution in [0.3, 0.4) is 0 Å². The number of hydrogen-bond donors (Lipinski definition) is 1. The van der Waals surface area contributed by atoms with Gasteiger partial charge in [-0.2, -0.15) is 11.8 Å². The number of nitrogens with one attached hydrogen (secondary N) is 1. The number of amides is 1. The minimum atomic E-state index is -0.691. The van der Waals surface area contributed by atoms with E-state index in [9.17, 15) is 9.59 Å². The first kappa shape index (κ1) is 20.6. The molecule has 0 spiro atoms. The molecule has 0 aliphatic heterocycles. The van der Waals surface area contributed by atoms with E-state index in [0.717, 1.165) is 25.0 Å². The number of carbonyl (C=O) groups excluding carboxylic acids is 2. The van der Waals surface area contributed by atoms with Crippen LogP contribution in [0.4, 0.5) is 4.79 Å². The molecule has 5 nitrogen and oxygen atoms in total. The second kappa shape index (κ2) is 14.6. The number of unbranched alkanes of at least 4 members (excludes halogenated alkanes) is 4. The van der Waals surface area contributed by atoms with Gasteiger partial charge in [0.05, 0.1) is 6.61 Å². The Morgan fingerprint density at radius 3 is 2.59 bits per heavy atom.